The number of hydrogen-bond acceptors (Lipinski definition) is 4. The number of pyridine rings is 1. The molecule has 0 saturated heterocycles. The average Bonchev–Trinajstić information content (AvgIpc) is 3.67. The summed E-state index contributed by atoms with van der Waals surface area (Å²) in [6, 6.07) is 66.0. The molecule has 57 heavy (non-hydrogen) atoms. The van der Waals surface area contributed by atoms with Gasteiger partial charge in [0.1, 0.15) is 11.2 Å². The van der Waals surface area contributed by atoms with Gasteiger partial charge in [0.25, 0.3) is 0 Å². The molecular formula is C53H31N3O. The third kappa shape index (κ3) is 4.98. The van der Waals surface area contributed by atoms with Crippen LogP contribution in [0.5, 0.6) is 0 Å². The fourth-order valence-electron chi connectivity index (χ4n) is 8.81. The highest BCUT2D eigenvalue weighted by molar-refractivity contribution is 6.29. The Morgan fingerprint density at radius 1 is 0.298 bits per heavy atom. The lowest BCUT2D eigenvalue weighted by Gasteiger charge is -2.14. The number of aromatic nitrogens is 3. The van der Waals surface area contributed by atoms with Crippen molar-refractivity contribution in [2.75, 3.05) is 0 Å². The van der Waals surface area contributed by atoms with Crippen molar-refractivity contribution < 1.29 is 4.42 Å². The lowest BCUT2D eigenvalue weighted by atomic mass is 9.91. The largest absolute Gasteiger partial charge is 0.456 e. The number of rotatable bonds is 4. The fraction of sp³-hybridized carbons (Fsp3) is 0. The normalized spacial score (nSPS) is 11.9. The Hall–Kier alpha value is -7.69. The van der Waals surface area contributed by atoms with E-state index in [1.165, 1.54) is 32.3 Å². The zero-order chi connectivity index (χ0) is 37.5. The van der Waals surface area contributed by atoms with E-state index in [9.17, 15) is 0 Å². The monoisotopic (exact) mass is 725 g/mol. The quantitative estimate of drug-likeness (QED) is 0.170. The van der Waals surface area contributed by atoms with Crippen molar-refractivity contribution in [1.82, 2.24) is 15.0 Å². The van der Waals surface area contributed by atoms with Gasteiger partial charge in [-0.1, -0.05) is 140 Å². The second kappa shape index (κ2) is 12.4. The van der Waals surface area contributed by atoms with E-state index in [0.717, 1.165) is 82.9 Å². The molecule has 12 aromatic rings. The van der Waals surface area contributed by atoms with Crippen molar-refractivity contribution in [3.63, 3.8) is 0 Å². The molecule has 0 aliphatic heterocycles. The lowest BCUT2D eigenvalue weighted by Crippen LogP contribution is -1.95. The number of para-hydroxylation sites is 1. The molecule has 0 atom stereocenters. The minimum atomic E-state index is 0.662. The SMILES string of the molecule is c1ccc(-c2cc(-c3ccccc3)nc(-c3ccc4oc5ccc6c(-c7ccc8c9ccccc9c9ccccc9c8c7)nc7ccccc7c6c5c4c3)n2)cc1. The fourth-order valence-corrected chi connectivity index (χ4v) is 8.81. The molecule has 0 saturated carbocycles. The van der Waals surface area contributed by atoms with Crippen molar-refractivity contribution in [3.05, 3.63) is 188 Å². The maximum Gasteiger partial charge on any atom is 0.160 e. The molecule has 3 heterocycles. The summed E-state index contributed by atoms with van der Waals surface area (Å²) in [7, 11) is 0. The van der Waals surface area contributed by atoms with Crippen LogP contribution >= 0.6 is 0 Å². The van der Waals surface area contributed by atoms with E-state index in [4.69, 9.17) is 19.4 Å². The van der Waals surface area contributed by atoms with Gasteiger partial charge in [-0.2, -0.15) is 0 Å². The Morgan fingerprint density at radius 3 is 1.47 bits per heavy atom. The summed E-state index contributed by atoms with van der Waals surface area (Å²) in [5.41, 5.74) is 9.36. The van der Waals surface area contributed by atoms with E-state index in [2.05, 4.69) is 152 Å². The predicted octanol–water partition coefficient (Wildman–Crippen LogP) is 14.2. The minimum Gasteiger partial charge on any atom is -0.456 e. The van der Waals surface area contributed by atoms with E-state index in [1.54, 1.807) is 0 Å². The molecule has 12 rings (SSSR count). The Morgan fingerprint density at radius 2 is 0.807 bits per heavy atom. The van der Waals surface area contributed by atoms with E-state index in [0.29, 0.717) is 5.82 Å². The molecule has 0 unspecified atom stereocenters. The summed E-state index contributed by atoms with van der Waals surface area (Å²) in [4.78, 5) is 15.7. The van der Waals surface area contributed by atoms with Gasteiger partial charge < -0.3 is 4.42 Å². The second-order valence-electron chi connectivity index (χ2n) is 14.7. The highest BCUT2D eigenvalue weighted by atomic mass is 16.3. The number of furan rings is 1. The summed E-state index contributed by atoms with van der Waals surface area (Å²) >= 11 is 0. The zero-order valence-corrected chi connectivity index (χ0v) is 30.6. The summed E-state index contributed by atoms with van der Waals surface area (Å²) in [5.74, 6) is 0.662. The van der Waals surface area contributed by atoms with Crippen LogP contribution in [-0.2, 0) is 0 Å². The molecule has 0 amide bonds. The van der Waals surface area contributed by atoms with Gasteiger partial charge in [0.2, 0.25) is 0 Å². The molecule has 264 valence electrons. The lowest BCUT2D eigenvalue weighted by molar-refractivity contribution is 0.669. The molecule has 0 spiro atoms. The zero-order valence-electron chi connectivity index (χ0n) is 30.6. The van der Waals surface area contributed by atoms with Gasteiger partial charge in [-0.3, -0.25) is 0 Å². The van der Waals surface area contributed by atoms with E-state index in [1.807, 2.05) is 36.4 Å². The third-order valence-electron chi connectivity index (χ3n) is 11.4. The van der Waals surface area contributed by atoms with Crippen LogP contribution in [0.15, 0.2) is 192 Å². The first kappa shape index (κ1) is 31.6. The third-order valence-corrected chi connectivity index (χ3v) is 11.4. The summed E-state index contributed by atoms with van der Waals surface area (Å²) < 4.78 is 6.62. The van der Waals surface area contributed by atoms with Gasteiger partial charge in [-0.15, -0.1) is 0 Å². The molecular weight excluding hydrogens is 695 g/mol. The van der Waals surface area contributed by atoms with E-state index < -0.39 is 0 Å². The molecule has 0 aliphatic rings. The number of benzene rings is 9. The summed E-state index contributed by atoms with van der Waals surface area (Å²) in [5, 5.41) is 12.8. The van der Waals surface area contributed by atoms with Gasteiger partial charge >= 0.3 is 0 Å². The average molecular weight is 726 g/mol. The molecule has 0 N–H and O–H groups in total. The summed E-state index contributed by atoms with van der Waals surface area (Å²) in [6.45, 7) is 0. The standard InChI is InChI=1S/C53H31N3O/c1-3-13-32(14-4-1)46-31-47(33-15-5-2-6-16-33)56-53(55-46)35-24-27-48-44(30-35)51-49(57-48)28-26-42-50(51)41-21-11-12-22-45(41)54-52(42)34-23-25-40-38-19-8-7-17-36(38)37-18-9-10-20-39(37)43(40)29-34/h1-31H. The number of hydrogen-bond donors (Lipinski definition) is 0. The Labute approximate surface area is 327 Å². The van der Waals surface area contributed by atoms with Crippen LogP contribution < -0.4 is 0 Å². The van der Waals surface area contributed by atoms with Crippen molar-refractivity contribution in [2.45, 2.75) is 0 Å². The first-order valence-electron chi connectivity index (χ1n) is 19.3. The van der Waals surface area contributed by atoms with Crippen LogP contribution in [-0.4, -0.2) is 15.0 Å². The molecule has 4 heteroatoms. The van der Waals surface area contributed by atoms with Crippen LogP contribution in [0.1, 0.15) is 0 Å². The van der Waals surface area contributed by atoms with Crippen molar-refractivity contribution >= 4 is 75.9 Å². The van der Waals surface area contributed by atoms with E-state index >= 15 is 0 Å². The van der Waals surface area contributed by atoms with Gasteiger partial charge in [0.15, 0.2) is 5.82 Å². The first-order valence-corrected chi connectivity index (χ1v) is 19.3. The molecule has 4 nitrogen and oxygen atoms in total. The first-order chi connectivity index (χ1) is 28.2. The Balaban J connectivity index is 1.12. The Kier molecular flexibility index (Phi) is 6.89. The Bertz CT molecular complexity index is 3480. The number of fused-ring (bicyclic) bond motifs is 13. The maximum atomic E-state index is 6.62. The van der Waals surface area contributed by atoms with Crippen molar-refractivity contribution in [2.24, 2.45) is 0 Å². The highest BCUT2D eigenvalue weighted by Crippen LogP contribution is 2.44. The molecule has 3 aromatic heterocycles. The van der Waals surface area contributed by atoms with Crippen LogP contribution in [0.4, 0.5) is 0 Å². The van der Waals surface area contributed by atoms with Gasteiger partial charge in [-0.05, 0) is 80.8 Å². The minimum absolute atomic E-state index is 0.662. The van der Waals surface area contributed by atoms with Crippen molar-refractivity contribution in [3.8, 4) is 45.2 Å². The van der Waals surface area contributed by atoms with Gasteiger partial charge in [0, 0.05) is 49.2 Å². The molecule has 0 bridgehead atoms. The molecule has 0 radical (unpaired) electrons. The van der Waals surface area contributed by atoms with E-state index in [-0.39, 0.29) is 0 Å². The van der Waals surface area contributed by atoms with Crippen LogP contribution in [0.25, 0.3) is 121 Å². The molecule has 0 fully saturated rings. The number of nitrogens with zero attached hydrogens (tertiary/aromatic N) is 3. The van der Waals surface area contributed by atoms with Crippen LogP contribution in [0, 0.1) is 0 Å². The van der Waals surface area contributed by atoms with Gasteiger partial charge in [0.05, 0.1) is 22.6 Å². The second-order valence-corrected chi connectivity index (χ2v) is 14.7. The van der Waals surface area contributed by atoms with Gasteiger partial charge in [-0.25, -0.2) is 15.0 Å². The molecule has 9 aromatic carbocycles. The molecule has 0 aliphatic carbocycles. The smallest absolute Gasteiger partial charge is 0.160 e. The predicted molar refractivity (Wildman–Crippen MR) is 236 cm³/mol. The van der Waals surface area contributed by atoms with Crippen molar-refractivity contribution in [1.29, 1.82) is 0 Å². The summed E-state index contributed by atoms with van der Waals surface area (Å²) in [6.07, 6.45) is 0. The topological polar surface area (TPSA) is 51.8 Å². The highest BCUT2D eigenvalue weighted by Gasteiger charge is 2.20. The van der Waals surface area contributed by atoms with Crippen LogP contribution in [0.2, 0.25) is 0 Å². The maximum absolute atomic E-state index is 6.62. The van der Waals surface area contributed by atoms with Crippen LogP contribution in [0.3, 0.4) is 0 Å².